The van der Waals surface area contributed by atoms with Gasteiger partial charge >= 0.3 is 5.97 Å². The lowest BCUT2D eigenvalue weighted by Gasteiger charge is -2.10. The summed E-state index contributed by atoms with van der Waals surface area (Å²) in [5, 5.41) is 6.78. The van der Waals surface area contributed by atoms with E-state index in [1.165, 1.54) is 0 Å². The summed E-state index contributed by atoms with van der Waals surface area (Å²) in [6.07, 6.45) is 0. The molecule has 25 heavy (non-hydrogen) atoms. The van der Waals surface area contributed by atoms with Crippen molar-refractivity contribution >= 4 is 52.7 Å². The molecular formula is C16H16Cl2N2O4S. The molecule has 0 fully saturated rings. The lowest BCUT2D eigenvalue weighted by atomic mass is 10.2. The quantitative estimate of drug-likeness (QED) is 0.702. The third-order valence-corrected chi connectivity index (χ3v) is 4.81. The van der Waals surface area contributed by atoms with E-state index < -0.39 is 11.2 Å². The van der Waals surface area contributed by atoms with Crippen LogP contribution in [0.5, 0.6) is 0 Å². The Morgan fingerprint density at radius 1 is 1.36 bits per heavy atom. The van der Waals surface area contributed by atoms with Gasteiger partial charge in [-0.1, -0.05) is 34.4 Å². The maximum absolute atomic E-state index is 12.0. The molecule has 1 atom stereocenters. The van der Waals surface area contributed by atoms with Crippen LogP contribution in [0, 0.1) is 6.92 Å². The van der Waals surface area contributed by atoms with Gasteiger partial charge in [0.1, 0.15) is 12.4 Å². The molecule has 1 amide bonds. The van der Waals surface area contributed by atoms with Gasteiger partial charge in [0.25, 0.3) is 0 Å². The van der Waals surface area contributed by atoms with Crippen molar-refractivity contribution in [2.24, 2.45) is 0 Å². The lowest BCUT2D eigenvalue weighted by Crippen LogP contribution is -2.24. The summed E-state index contributed by atoms with van der Waals surface area (Å²) in [5.41, 5.74) is 0.664. The molecule has 2 rings (SSSR count). The van der Waals surface area contributed by atoms with Crippen LogP contribution in [-0.2, 0) is 20.9 Å². The van der Waals surface area contributed by atoms with Crippen LogP contribution in [0.3, 0.4) is 0 Å². The smallest absolute Gasteiger partial charge is 0.316 e. The van der Waals surface area contributed by atoms with E-state index in [0.717, 1.165) is 11.8 Å². The van der Waals surface area contributed by atoms with Gasteiger partial charge in [-0.3, -0.25) is 9.59 Å². The second-order valence-corrected chi connectivity index (χ2v) is 7.33. The number of esters is 1. The van der Waals surface area contributed by atoms with E-state index in [-0.39, 0.29) is 18.3 Å². The van der Waals surface area contributed by atoms with Crippen molar-refractivity contribution in [3.8, 4) is 0 Å². The molecule has 0 saturated heterocycles. The van der Waals surface area contributed by atoms with E-state index in [9.17, 15) is 9.59 Å². The van der Waals surface area contributed by atoms with Crippen LogP contribution < -0.4 is 5.32 Å². The molecule has 134 valence electrons. The second kappa shape index (κ2) is 9.12. The number of nitrogens with zero attached hydrogens (tertiary/aromatic N) is 1. The van der Waals surface area contributed by atoms with Gasteiger partial charge in [-0.05, 0) is 26.0 Å². The average Bonchev–Trinajstić information content (AvgIpc) is 2.96. The first kappa shape index (κ1) is 19.6. The number of anilines is 1. The number of rotatable bonds is 7. The molecule has 0 aliphatic heterocycles. The number of amides is 1. The van der Waals surface area contributed by atoms with E-state index in [4.69, 9.17) is 32.5 Å². The Hall–Kier alpha value is -1.70. The zero-order valence-electron chi connectivity index (χ0n) is 13.5. The SMILES string of the molecule is Cc1cc(NC(=O)[C@H](C)SCC(=O)OCc2ccc(Cl)cc2Cl)no1. The number of halogens is 2. The summed E-state index contributed by atoms with van der Waals surface area (Å²) < 4.78 is 10.0. The number of hydrogen-bond donors (Lipinski definition) is 1. The summed E-state index contributed by atoms with van der Waals surface area (Å²) in [6.45, 7) is 3.47. The molecule has 0 bridgehead atoms. The molecule has 0 aliphatic rings. The van der Waals surface area contributed by atoms with Gasteiger partial charge in [0.15, 0.2) is 5.82 Å². The molecule has 0 saturated carbocycles. The maximum Gasteiger partial charge on any atom is 0.316 e. The molecule has 1 aromatic heterocycles. The number of carbonyl (C=O) groups excluding carboxylic acids is 2. The second-order valence-electron chi connectivity index (χ2n) is 5.16. The molecule has 6 nitrogen and oxygen atoms in total. The van der Waals surface area contributed by atoms with Crippen molar-refractivity contribution in [1.82, 2.24) is 5.16 Å². The summed E-state index contributed by atoms with van der Waals surface area (Å²) in [7, 11) is 0. The van der Waals surface area contributed by atoms with Crippen molar-refractivity contribution in [1.29, 1.82) is 0 Å². The molecular weight excluding hydrogens is 387 g/mol. The predicted octanol–water partition coefficient (Wildman–Crippen LogP) is 4.09. The van der Waals surface area contributed by atoms with Gasteiger partial charge in [0.2, 0.25) is 5.91 Å². The Labute approximate surface area is 159 Å². The summed E-state index contributed by atoms with van der Waals surface area (Å²) in [4.78, 5) is 23.8. The predicted molar refractivity (Wildman–Crippen MR) is 98.0 cm³/mol. The Bertz CT molecular complexity index is 766. The molecule has 1 N–H and O–H groups in total. The Balaban J connectivity index is 1.74. The molecule has 0 unspecified atom stereocenters. The van der Waals surface area contributed by atoms with Crippen LogP contribution >= 0.6 is 35.0 Å². The van der Waals surface area contributed by atoms with E-state index in [1.54, 1.807) is 38.1 Å². The van der Waals surface area contributed by atoms with Crippen molar-refractivity contribution in [3.63, 3.8) is 0 Å². The normalized spacial score (nSPS) is 11.8. The summed E-state index contributed by atoms with van der Waals surface area (Å²) >= 11 is 13.0. The number of aromatic nitrogens is 1. The minimum absolute atomic E-state index is 0.0393. The van der Waals surface area contributed by atoms with E-state index in [0.29, 0.717) is 27.2 Å². The van der Waals surface area contributed by atoms with Crippen LogP contribution in [0.25, 0.3) is 0 Å². The minimum atomic E-state index is -0.455. The zero-order valence-corrected chi connectivity index (χ0v) is 15.9. The molecule has 2 aromatic rings. The Morgan fingerprint density at radius 2 is 2.12 bits per heavy atom. The fraction of sp³-hybridized carbons (Fsp3) is 0.312. The third kappa shape index (κ3) is 6.26. The van der Waals surface area contributed by atoms with E-state index in [1.807, 2.05) is 0 Å². The van der Waals surface area contributed by atoms with Gasteiger partial charge in [-0.25, -0.2) is 0 Å². The van der Waals surface area contributed by atoms with Crippen molar-refractivity contribution in [2.75, 3.05) is 11.1 Å². The minimum Gasteiger partial charge on any atom is -0.460 e. The topological polar surface area (TPSA) is 81.4 Å². The fourth-order valence-corrected chi connectivity index (χ4v) is 2.90. The fourth-order valence-electron chi connectivity index (χ4n) is 1.76. The van der Waals surface area contributed by atoms with E-state index in [2.05, 4.69) is 10.5 Å². The maximum atomic E-state index is 12.0. The first-order valence-electron chi connectivity index (χ1n) is 7.30. The highest BCUT2D eigenvalue weighted by atomic mass is 35.5. The van der Waals surface area contributed by atoms with Crippen LogP contribution in [0.4, 0.5) is 5.82 Å². The Morgan fingerprint density at radius 3 is 2.76 bits per heavy atom. The van der Waals surface area contributed by atoms with Crippen molar-refractivity contribution in [3.05, 3.63) is 45.6 Å². The highest BCUT2D eigenvalue weighted by Crippen LogP contribution is 2.22. The zero-order chi connectivity index (χ0) is 18.4. The van der Waals surface area contributed by atoms with Gasteiger partial charge in [0.05, 0.1) is 11.0 Å². The number of benzene rings is 1. The lowest BCUT2D eigenvalue weighted by molar-refractivity contribution is -0.141. The largest absolute Gasteiger partial charge is 0.460 e. The van der Waals surface area contributed by atoms with Crippen molar-refractivity contribution in [2.45, 2.75) is 25.7 Å². The Kier molecular flexibility index (Phi) is 7.16. The first-order chi connectivity index (χ1) is 11.8. The van der Waals surface area contributed by atoms with Crippen LogP contribution in [-0.4, -0.2) is 28.0 Å². The summed E-state index contributed by atoms with van der Waals surface area (Å²) in [5.74, 6) is 0.271. The van der Waals surface area contributed by atoms with Crippen LogP contribution in [0.2, 0.25) is 10.0 Å². The number of aryl methyl sites for hydroxylation is 1. The average molecular weight is 403 g/mol. The number of thioether (sulfide) groups is 1. The number of hydrogen-bond acceptors (Lipinski definition) is 6. The molecule has 0 spiro atoms. The molecule has 0 radical (unpaired) electrons. The third-order valence-electron chi connectivity index (χ3n) is 3.10. The molecule has 9 heteroatoms. The van der Waals surface area contributed by atoms with Crippen LogP contribution in [0.15, 0.2) is 28.8 Å². The highest BCUT2D eigenvalue weighted by Gasteiger charge is 2.17. The van der Waals surface area contributed by atoms with Crippen molar-refractivity contribution < 1.29 is 18.8 Å². The number of carbonyl (C=O) groups is 2. The van der Waals surface area contributed by atoms with Gasteiger partial charge in [-0.15, -0.1) is 11.8 Å². The summed E-state index contributed by atoms with van der Waals surface area (Å²) in [6, 6.07) is 6.56. The first-order valence-corrected chi connectivity index (χ1v) is 9.11. The van der Waals surface area contributed by atoms with Gasteiger partial charge < -0.3 is 14.6 Å². The molecule has 1 heterocycles. The van der Waals surface area contributed by atoms with E-state index >= 15 is 0 Å². The van der Waals surface area contributed by atoms with Crippen LogP contribution in [0.1, 0.15) is 18.2 Å². The molecule has 1 aromatic carbocycles. The van der Waals surface area contributed by atoms with Gasteiger partial charge in [-0.2, -0.15) is 0 Å². The highest BCUT2D eigenvalue weighted by molar-refractivity contribution is 8.01. The van der Waals surface area contributed by atoms with Gasteiger partial charge in [0, 0.05) is 21.7 Å². The standard InChI is InChI=1S/C16H16Cl2N2O4S/c1-9-5-14(20-24-9)19-16(22)10(2)25-8-15(21)23-7-11-3-4-12(17)6-13(11)18/h3-6,10H,7-8H2,1-2H3,(H,19,20,22)/t10-/m0/s1. The molecule has 0 aliphatic carbocycles. The number of ether oxygens (including phenoxy) is 1. The monoisotopic (exact) mass is 402 g/mol. The number of nitrogens with one attached hydrogen (secondary N) is 1.